The number of anilines is 1. The van der Waals surface area contributed by atoms with Gasteiger partial charge in [-0.3, -0.25) is 9.91 Å². The van der Waals surface area contributed by atoms with Crippen LogP contribution in [0.25, 0.3) is 5.65 Å². The van der Waals surface area contributed by atoms with Crippen molar-refractivity contribution in [3.63, 3.8) is 0 Å². The van der Waals surface area contributed by atoms with Crippen LogP contribution in [0.2, 0.25) is 0 Å². The number of amides is 1. The third-order valence-corrected chi connectivity index (χ3v) is 5.95. The number of hydrogen-bond donors (Lipinski definition) is 1. The number of likely N-dealkylation sites (N-methyl/N-ethyl adjacent to an activating group) is 1. The number of nitrogens with zero attached hydrogens (tertiary/aromatic N) is 6. The van der Waals surface area contributed by atoms with Crippen molar-refractivity contribution in [2.24, 2.45) is 5.10 Å². The van der Waals surface area contributed by atoms with Gasteiger partial charge in [0.1, 0.15) is 17.5 Å². The van der Waals surface area contributed by atoms with E-state index in [4.69, 9.17) is 20.2 Å². The van der Waals surface area contributed by atoms with Crippen molar-refractivity contribution in [2.45, 2.75) is 57.1 Å². The number of hydrazone groups is 1. The number of piperidine rings is 1. The van der Waals surface area contributed by atoms with Gasteiger partial charge in [0.2, 0.25) is 0 Å². The Kier molecular flexibility index (Phi) is 5.89. The van der Waals surface area contributed by atoms with Gasteiger partial charge in [-0.1, -0.05) is 0 Å². The Hall–Kier alpha value is -3.37. The van der Waals surface area contributed by atoms with Crippen LogP contribution in [0.15, 0.2) is 17.4 Å². The van der Waals surface area contributed by atoms with Gasteiger partial charge in [-0.15, -0.1) is 0 Å². The summed E-state index contributed by atoms with van der Waals surface area (Å²) >= 11 is 0. The maximum absolute atomic E-state index is 12.9. The van der Waals surface area contributed by atoms with Crippen molar-refractivity contribution >= 4 is 29.7 Å². The SMILES string of the molecule is COC(=O)[C@@H]1CC[C@H](c2cc(N)n3ncc(C4C=NN(C)C4)c3n2)CN1C(=O)OC(C)(C)C. The van der Waals surface area contributed by atoms with Crippen LogP contribution in [-0.4, -0.2) is 81.7 Å². The Balaban J connectivity index is 1.65. The van der Waals surface area contributed by atoms with E-state index in [2.05, 4.69) is 10.2 Å². The van der Waals surface area contributed by atoms with Gasteiger partial charge >= 0.3 is 12.1 Å². The van der Waals surface area contributed by atoms with Crippen molar-refractivity contribution in [3.8, 4) is 0 Å². The zero-order valence-corrected chi connectivity index (χ0v) is 19.7. The maximum Gasteiger partial charge on any atom is 0.411 e. The standard InChI is InChI=1S/C22H31N7O4/c1-22(2,3)33-21(31)28-12-13(6-7-17(28)20(30)32-5)16-8-18(23)29-19(26-16)15(10-25-29)14-9-24-27(4)11-14/h8-10,13-14,17H,6-7,11-12,23H2,1-5H3/t13-,14?,17-/m0/s1. The molecule has 0 radical (unpaired) electrons. The number of ether oxygens (including phenoxy) is 2. The highest BCUT2D eigenvalue weighted by Crippen LogP contribution is 2.33. The Morgan fingerprint density at radius 3 is 2.61 bits per heavy atom. The van der Waals surface area contributed by atoms with Crippen LogP contribution >= 0.6 is 0 Å². The lowest BCUT2D eigenvalue weighted by atomic mass is 9.90. The summed E-state index contributed by atoms with van der Waals surface area (Å²) < 4.78 is 12.1. The van der Waals surface area contributed by atoms with Gasteiger partial charge in [-0.25, -0.2) is 14.6 Å². The van der Waals surface area contributed by atoms with Crippen LogP contribution in [0.3, 0.4) is 0 Å². The molecule has 1 unspecified atom stereocenters. The first-order chi connectivity index (χ1) is 15.6. The molecule has 0 aliphatic carbocycles. The number of methoxy groups -OCH3 is 1. The molecule has 1 saturated heterocycles. The second-order valence-electron chi connectivity index (χ2n) is 9.60. The van der Waals surface area contributed by atoms with Gasteiger partial charge in [0, 0.05) is 49.8 Å². The molecule has 2 aliphatic heterocycles. The molecule has 11 nitrogen and oxygen atoms in total. The van der Waals surface area contributed by atoms with Crippen LogP contribution in [0, 0.1) is 0 Å². The molecular weight excluding hydrogens is 426 g/mol. The van der Waals surface area contributed by atoms with Crippen LogP contribution in [0.4, 0.5) is 10.6 Å². The van der Waals surface area contributed by atoms with E-state index in [1.54, 1.807) is 37.5 Å². The maximum atomic E-state index is 12.9. The summed E-state index contributed by atoms with van der Waals surface area (Å²) in [7, 11) is 3.24. The average Bonchev–Trinajstić information content (AvgIpc) is 3.37. The summed E-state index contributed by atoms with van der Waals surface area (Å²) in [5, 5.41) is 10.6. The van der Waals surface area contributed by atoms with Crippen LogP contribution in [0.5, 0.6) is 0 Å². The Morgan fingerprint density at radius 1 is 1.21 bits per heavy atom. The molecule has 3 atom stereocenters. The van der Waals surface area contributed by atoms with Crippen molar-refractivity contribution in [1.82, 2.24) is 24.5 Å². The second kappa shape index (κ2) is 8.53. The van der Waals surface area contributed by atoms with Crippen LogP contribution < -0.4 is 5.73 Å². The highest BCUT2D eigenvalue weighted by Gasteiger charge is 2.40. The lowest BCUT2D eigenvalue weighted by molar-refractivity contribution is -0.148. The van der Waals surface area contributed by atoms with E-state index in [1.807, 2.05) is 18.3 Å². The molecule has 2 aliphatic rings. The molecule has 33 heavy (non-hydrogen) atoms. The van der Waals surface area contributed by atoms with E-state index in [-0.39, 0.29) is 18.4 Å². The molecule has 11 heteroatoms. The summed E-state index contributed by atoms with van der Waals surface area (Å²) in [5.74, 6) is -0.0373. The summed E-state index contributed by atoms with van der Waals surface area (Å²) in [6.07, 6.45) is 4.20. The first-order valence-corrected chi connectivity index (χ1v) is 11.0. The van der Waals surface area contributed by atoms with Gasteiger partial charge in [0.15, 0.2) is 5.65 Å². The fourth-order valence-corrected chi connectivity index (χ4v) is 4.36. The number of esters is 1. The Bertz CT molecular complexity index is 1090. The normalized spacial score (nSPS) is 23.2. The molecule has 2 aromatic rings. The van der Waals surface area contributed by atoms with Crippen molar-refractivity contribution in [2.75, 3.05) is 33.0 Å². The molecule has 0 bridgehead atoms. The molecule has 0 saturated carbocycles. The van der Waals surface area contributed by atoms with E-state index in [0.29, 0.717) is 24.3 Å². The lowest BCUT2D eigenvalue weighted by Crippen LogP contribution is -2.52. The summed E-state index contributed by atoms with van der Waals surface area (Å²) in [6, 6.07) is 1.09. The van der Waals surface area contributed by atoms with E-state index in [9.17, 15) is 9.59 Å². The van der Waals surface area contributed by atoms with Crippen molar-refractivity contribution < 1.29 is 19.1 Å². The zero-order valence-electron chi connectivity index (χ0n) is 19.7. The first-order valence-electron chi connectivity index (χ1n) is 11.0. The van der Waals surface area contributed by atoms with E-state index < -0.39 is 23.7 Å². The summed E-state index contributed by atoms with van der Waals surface area (Å²) in [5.41, 5.74) is 8.01. The van der Waals surface area contributed by atoms with Gasteiger partial charge in [0.25, 0.3) is 0 Å². The van der Waals surface area contributed by atoms with Gasteiger partial charge in [-0.05, 0) is 33.6 Å². The number of likely N-dealkylation sites (tertiary alicyclic amines) is 1. The predicted molar refractivity (Wildman–Crippen MR) is 122 cm³/mol. The molecule has 0 aromatic carbocycles. The number of carbonyl (C=O) groups is 2. The molecule has 1 fully saturated rings. The number of carbonyl (C=O) groups excluding carboxylic acids is 2. The molecule has 4 heterocycles. The number of nitrogen functional groups attached to an aromatic ring is 1. The molecule has 2 N–H and O–H groups in total. The predicted octanol–water partition coefficient (Wildman–Crippen LogP) is 1.98. The fourth-order valence-electron chi connectivity index (χ4n) is 4.36. The molecule has 4 rings (SSSR count). The molecule has 1 amide bonds. The van der Waals surface area contributed by atoms with Crippen molar-refractivity contribution in [1.29, 1.82) is 0 Å². The topological polar surface area (TPSA) is 128 Å². The van der Waals surface area contributed by atoms with Gasteiger partial charge in [-0.2, -0.15) is 14.7 Å². The monoisotopic (exact) mass is 457 g/mol. The van der Waals surface area contributed by atoms with Crippen LogP contribution in [-0.2, 0) is 14.3 Å². The van der Waals surface area contributed by atoms with Gasteiger partial charge in [0.05, 0.1) is 19.0 Å². The number of rotatable bonds is 3. The largest absolute Gasteiger partial charge is 0.467 e. The third-order valence-electron chi connectivity index (χ3n) is 5.95. The molecule has 2 aromatic heterocycles. The Labute approximate surface area is 192 Å². The molecule has 178 valence electrons. The fraction of sp³-hybridized carbons (Fsp3) is 0.591. The minimum atomic E-state index is -0.696. The number of nitrogens with two attached hydrogens (primary N) is 1. The minimum absolute atomic E-state index is 0.0722. The minimum Gasteiger partial charge on any atom is -0.467 e. The van der Waals surface area contributed by atoms with E-state index >= 15 is 0 Å². The number of fused-ring (bicyclic) bond motifs is 1. The van der Waals surface area contributed by atoms with Gasteiger partial charge < -0.3 is 15.2 Å². The lowest BCUT2D eigenvalue weighted by Gasteiger charge is -2.38. The zero-order chi connectivity index (χ0) is 23.9. The summed E-state index contributed by atoms with van der Waals surface area (Å²) in [4.78, 5) is 31.6. The van der Waals surface area contributed by atoms with Crippen molar-refractivity contribution in [3.05, 3.63) is 23.5 Å². The molecule has 0 spiro atoms. The summed E-state index contributed by atoms with van der Waals surface area (Å²) in [6.45, 7) is 6.39. The Morgan fingerprint density at radius 2 is 1.97 bits per heavy atom. The second-order valence-corrected chi connectivity index (χ2v) is 9.60. The van der Waals surface area contributed by atoms with Crippen LogP contribution in [0.1, 0.15) is 56.7 Å². The third kappa shape index (κ3) is 4.57. The highest BCUT2D eigenvalue weighted by molar-refractivity contribution is 5.82. The average molecular weight is 458 g/mol. The van der Waals surface area contributed by atoms with E-state index in [0.717, 1.165) is 17.8 Å². The quantitative estimate of drug-likeness (QED) is 0.693. The smallest absolute Gasteiger partial charge is 0.411 e. The molecular formula is C22H31N7O4. The highest BCUT2D eigenvalue weighted by atomic mass is 16.6. The number of hydrogen-bond acceptors (Lipinski definition) is 9. The van der Waals surface area contributed by atoms with E-state index in [1.165, 1.54) is 12.0 Å². The first kappa shape index (κ1) is 22.8. The number of aromatic nitrogens is 3.